The maximum atomic E-state index is 12.2. The Hall–Kier alpha value is -1.07. The lowest BCUT2D eigenvalue weighted by atomic mass is 10.3. The van der Waals surface area contributed by atoms with Gasteiger partial charge in [-0.05, 0) is 17.9 Å². The predicted octanol–water partition coefficient (Wildman–Crippen LogP) is 1.66. The van der Waals surface area contributed by atoms with E-state index in [4.69, 9.17) is 11.6 Å². The van der Waals surface area contributed by atoms with Crippen LogP contribution >= 0.6 is 22.9 Å². The van der Waals surface area contributed by atoms with Gasteiger partial charge in [-0.25, -0.2) is 0 Å². The molecule has 1 aliphatic rings. The van der Waals surface area contributed by atoms with Gasteiger partial charge in [0.2, 0.25) is 5.91 Å². The number of halogens is 1. The van der Waals surface area contributed by atoms with Crippen molar-refractivity contribution in [3.05, 3.63) is 22.4 Å². The molecule has 98 valence electrons. The molecule has 2 amide bonds. The van der Waals surface area contributed by atoms with E-state index in [1.807, 2.05) is 21.7 Å². The van der Waals surface area contributed by atoms with Crippen LogP contribution in [0.3, 0.4) is 0 Å². The zero-order valence-corrected chi connectivity index (χ0v) is 11.5. The van der Waals surface area contributed by atoms with E-state index in [0.29, 0.717) is 26.2 Å². The van der Waals surface area contributed by atoms with E-state index < -0.39 is 0 Å². The topological polar surface area (TPSA) is 40.6 Å². The molecular formula is C12H15ClN2O2S. The third kappa shape index (κ3) is 3.03. The average molecular weight is 287 g/mol. The summed E-state index contributed by atoms with van der Waals surface area (Å²) in [4.78, 5) is 27.2. The molecule has 0 N–H and O–H groups in total. The van der Waals surface area contributed by atoms with Crippen molar-refractivity contribution in [2.24, 2.45) is 0 Å². The molecule has 4 nitrogen and oxygen atoms in total. The molecule has 0 atom stereocenters. The van der Waals surface area contributed by atoms with Gasteiger partial charge in [-0.15, -0.1) is 11.6 Å². The molecule has 1 aromatic rings. The van der Waals surface area contributed by atoms with Crippen molar-refractivity contribution in [3.8, 4) is 0 Å². The van der Waals surface area contributed by atoms with Gasteiger partial charge in [0.05, 0.1) is 5.56 Å². The van der Waals surface area contributed by atoms with Crippen LogP contribution in [0, 0.1) is 0 Å². The third-order valence-electron chi connectivity index (χ3n) is 3.02. The van der Waals surface area contributed by atoms with Gasteiger partial charge in [0.1, 0.15) is 5.88 Å². The van der Waals surface area contributed by atoms with Gasteiger partial charge in [0.25, 0.3) is 5.91 Å². The molecule has 2 heterocycles. The maximum absolute atomic E-state index is 12.2. The standard InChI is InChI=1S/C12H15ClN2O2S/c13-8-11(16)14-3-1-4-15(6-5-14)12(17)10-2-7-18-9-10/h2,7,9H,1,3-6,8H2. The lowest BCUT2D eigenvalue weighted by Gasteiger charge is -2.21. The molecule has 1 fully saturated rings. The fraction of sp³-hybridized carbons (Fsp3) is 0.500. The number of nitrogens with zero attached hydrogens (tertiary/aromatic N) is 2. The van der Waals surface area contributed by atoms with E-state index >= 15 is 0 Å². The van der Waals surface area contributed by atoms with E-state index in [2.05, 4.69) is 0 Å². The summed E-state index contributed by atoms with van der Waals surface area (Å²) in [5.41, 5.74) is 0.733. The Morgan fingerprint density at radius 1 is 1.22 bits per heavy atom. The minimum atomic E-state index is -0.0542. The van der Waals surface area contributed by atoms with Gasteiger partial charge in [0, 0.05) is 31.6 Å². The Labute approximate surface area is 115 Å². The first-order chi connectivity index (χ1) is 8.72. The monoisotopic (exact) mass is 286 g/mol. The molecule has 1 saturated heterocycles. The molecular weight excluding hydrogens is 272 g/mol. The number of carbonyl (C=O) groups is 2. The van der Waals surface area contributed by atoms with Crippen LogP contribution in [-0.4, -0.2) is 53.7 Å². The number of alkyl halides is 1. The van der Waals surface area contributed by atoms with Crippen LogP contribution in [0.4, 0.5) is 0 Å². The Kier molecular flexibility index (Phi) is 4.60. The summed E-state index contributed by atoms with van der Waals surface area (Å²) in [6.07, 6.45) is 0.804. The van der Waals surface area contributed by atoms with Gasteiger partial charge >= 0.3 is 0 Å². The van der Waals surface area contributed by atoms with Crippen LogP contribution in [0.15, 0.2) is 16.8 Å². The summed E-state index contributed by atoms with van der Waals surface area (Å²) in [6.45, 7) is 2.53. The first kappa shape index (κ1) is 13.4. The van der Waals surface area contributed by atoms with Gasteiger partial charge < -0.3 is 9.80 Å². The van der Waals surface area contributed by atoms with Crippen LogP contribution in [0.2, 0.25) is 0 Å². The van der Waals surface area contributed by atoms with Crippen molar-refractivity contribution >= 4 is 34.8 Å². The average Bonchev–Trinajstić information content (AvgIpc) is 2.81. The zero-order valence-electron chi connectivity index (χ0n) is 9.97. The van der Waals surface area contributed by atoms with E-state index in [0.717, 1.165) is 12.0 Å². The van der Waals surface area contributed by atoms with E-state index in [1.54, 1.807) is 4.90 Å². The Morgan fingerprint density at radius 3 is 2.61 bits per heavy atom. The summed E-state index contributed by atoms with van der Waals surface area (Å²) >= 11 is 7.07. The molecule has 6 heteroatoms. The lowest BCUT2D eigenvalue weighted by molar-refractivity contribution is -0.128. The fourth-order valence-electron chi connectivity index (χ4n) is 2.02. The smallest absolute Gasteiger partial charge is 0.254 e. The van der Waals surface area contributed by atoms with Crippen LogP contribution in [-0.2, 0) is 4.79 Å². The SMILES string of the molecule is O=C(CCl)N1CCCN(C(=O)c2ccsc2)CC1. The van der Waals surface area contributed by atoms with Crippen LogP contribution in [0.25, 0.3) is 0 Å². The Bertz CT molecular complexity index is 422. The van der Waals surface area contributed by atoms with Crippen molar-refractivity contribution < 1.29 is 9.59 Å². The molecule has 1 aromatic heterocycles. The zero-order chi connectivity index (χ0) is 13.0. The molecule has 2 rings (SSSR count). The van der Waals surface area contributed by atoms with Crippen LogP contribution in [0.1, 0.15) is 16.8 Å². The molecule has 0 radical (unpaired) electrons. The fourth-order valence-corrected chi connectivity index (χ4v) is 2.82. The van der Waals surface area contributed by atoms with Crippen molar-refractivity contribution in [3.63, 3.8) is 0 Å². The lowest BCUT2D eigenvalue weighted by Crippen LogP contribution is -2.37. The van der Waals surface area contributed by atoms with Gasteiger partial charge in [0.15, 0.2) is 0 Å². The minimum absolute atomic E-state index is 0.0124. The number of thiophene rings is 1. The van der Waals surface area contributed by atoms with E-state index in [1.165, 1.54) is 11.3 Å². The van der Waals surface area contributed by atoms with Crippen LogP contribution in [0.5, 0.6) is 0 Å². The summed E-state index contributed by atoms with van der Waals surface area (Å²) in [5.74, 6) is 0.0105. The molecule has 0 aromatic carbocycles. The number of hydrogen-bond donors (Lipinski definition) is 0. The highest BCUT2D eigenvalue weighted by atomic mass is 35.5. The summed E-state index contributed by atoms with van der Waals surface area (Å²) < 4.78 is 0. The van der Waals surface area contributed by atoms with E-state index in [9.17, 15) is 9.59 Å². The quantitative estimate of drug-likeness (QED) is 0.776. The number of amides is 2. The van der Waals surface area contributed by atoms with Crippen LogP contribution < -0.4 is 0 Å². The molecule has 1 aliphatic heterocycles. The first-order valence-electron chi connectivity index (χ1n) is 5.87. The maximum Gasteiger partial charge on any atom is 0.254 e. The molecule has 0 saturated carbocycles. The first-order valence-corrected chi connectivity index (χ1v) is 7.35. The Balaban J connectivity index is 1.97. The number of rotatable bonds is 2. The van der Waals surface area contributed by atoms with Crippen molar-refractivity contribution in [2.45, 2.75) is 6.42 Å². The predicted molar refractivity (Wildman–Crippen MR) is 72.1 cm³/mol. The van der Waals surface area contributed by atoms with Crippen molar-refractivity contribution in [2.75, 3.05) is 32.1 Å². The number of carbonyl (C=O) groups excluding carboxylic acids is 2. The second kappa shape index (κ2) is 6.20. The van der Waals surface area contributed by atoms with Crippen molar-refractivity contribution in [1.82, 2.24) is 9.80 Å². The van der Waals surface area contributed by atoms with E-state index in [-0.39, 0.29) is 17.7 Å². The molecule has 0 aliphatic carbocycles. The summed E-state index contributed by atoms with van der Waals surface area (Å²) in [6, 6.07) is 1.83. The van der Waals surface area contributed by atoms with Crippen molar-refractivity contribution in [1.29, 1.82) is 0 Å². The third-order valence-corrected chi connectivity index (χ3v) is 3.93. The summed E-state index contributed by atoms with van der Waals surface area (Å²) in [5, 5.41) is 3.75. The highest BCUT2D eigenvalue weighted by Crippen LogP contribution is 2.12. The normalized spacial score (nSPS) is 16.5. The van der Waals surface area contributed by atoms with Gasteiger partial charge in [-0.3, -0.25) is 9.59 Å². The second-order valence-electron chi connectivity index (χ2n) is 4.17. The minimum Gasteiger partial charge on any atom is -0.340 e. The summed E-state index contributed by atoms with van der Waals surface area (Å²) in [7, 11) is 0. The molecule has 0 bridgehead atoms. The number of hydrogen-bond acceptors (Lipinski definition) is 3. The largest absolute Gasteiger partial charge is 0.340 e. The second-order valence-corrected chi connectivity index (χ2v) is 5.22. The highest BCUT2D eigenvalue weighted by molar-refractivity contribution is 7.08. The highest BCUT2D eigenvalue weighted by Gasteiger charge is 2.22. The molecule has 0 spiro atoms. The molecule has 0 unspecified atom stereocenters. The Morgan fingerprint density at radius 2 is 1.94 bits per heavy atom. The van der Waals surface area contributed by atoms with Gasteiger partial charge in [-0.2, -0.15) is 11.3 Å². The van der Waals surface area contributed by atoms with Gasteiger partial charge in [-0.1, -0.05) is 0 Å². The molecule has 18 heavy (non-hydrogen) atoms.